The molecule has 0 aliphatic carbocycles. The summed E-state index contributed by atoms with van der Waals surface area (Å²) in [5, 5.41) is 8.23. The van der Waals surface area contributed by atoms with Crippen molar-refractivity contribution >= 4 is 5.78 Å². The Balaban J connectivity index is 0. The molecule has 0 saturated heterocycles. The third-order valence-corrected chi connectivity index (χ3v) is 1.34. The molecule has 0 fully saturated rings. The molecule has 1 aromatic carbocycles. The van der Waals surface area contributed by atoms with E-state index < -0.39 is 0 Å². The minimum atomic E-state index is -0.117. The van der Waals surface area contributed by atoms with Crippen LogP contribution in [0.5, 0.6) is 0 Å². The maximum atomic E-state index is 11.0. The third kappa shape index (κ3) is 3.19. The predicted molar refractivity (Wildman–Crippen MR) is 42.1 cm³/mol. The van der Waals surface area contributed by atoms with E-state index in [1.807, 2.05) is 12.1 Å². The zero-order valence-electron chi connectivity index (χ0n) is 7.95. The number of nitrogens with zero attached hydrogens (tertiary/aromatic N) is 1. The van der Waals surface area contributed by atoms with Crippen molar-refractivity contribution in [3.63, 3.8) is 0 Å². The van der Waals surface area contributed by atoms with Crippen LogP contribution in [0.15, 0.2) is 30.3 Å². The van der Waals surface area contributed by atoms with Gasteiger partial charge < -0.3 is 1.43 Å². The van der Waals surface area contributed by atoms with Crippen molar-refractivity contribution in [1.29, 1.82) is 5.26 Å². The number of nitriles is 1. The van der Waals surface area contributed by atoms with Gasteiger partial charge in [-0.25, -0.2) is 0 Å². The fourth-order valence-corrected chi connectivity index (χ4v) is 0.798. The van der Waals surface area contributed by atoms with Crippen LogP contribution in [0.4, 0.5) is 0 Å². The van der Waals surface area contributed by atoms with Crippen molar-refractivity contribution in [2.24, 2.45) is 0 Å². The number of carbonyl (C=O) groups excluding carboxylic acids is 1. The fourth-order valence-electron chi connectivity index (χ4n) is 0.798. The number of hydrogen-bond donors (Lipinski definition) is 0. The van der Waals surface area contributed by atoms with Crippen LogP contribution in [0, 0.1) is 11.3 Å². The van der Waals surface area contributed by atoms with E-state index in [9.17, 15) is 4.79 Å². The first-order valence-electron chi connectivity index (χ1n) is 3.30. The molecule has 0 spiro atoms. The van der Waals surface area contributed by atoms with E-state index in [0.717, 1.165) is 0 Å². The minimum absolute atomic E-state index is 0. The fraction of sp³-hybridized carbons (Fsp3) is 0.111. The number of benzene rings is 1. The molecule has 0 atom stereocenters. The van der Waals surface area contributed by atoms with Gasteiger partial charge in [-0.2, -0.15) is 5.26 Å². The van der Waals surface area contributed by atoms with Gasteiger partial charge in [0.25, 0.3) is 0 Å². The van der Waals surface area contributed by atoms with Gasteiger partial charge >= 0.3 is 29.6 Å². The molecular formula is C9H8NNaO. The van der Waals surface area contributed by atoms with E-state index in [0.29, 0.717) is 5.56 Å². The van der Waals surface area contributed by atoms with Gasteiger partial charge in [0.1, 0.15) is 0 Å². The zero-order valence-corrected chi connectivity index (χ0v) is 8.95. The Morgan fingerprint density at radius 3 is 2.50 bits per heavy atom. The SMILES string of the molecule is N#CCC(=O)c1ccccc1.[H-].[Na+]. The molecule has 12 heavy (non-hydrogen) atoms. The molecule has 0 heterocycles. The molecule has 0 unspecified atom stereocenters. The molecule has 1 aromatic rings. The summed E-state index contributed by atoms with van der Waals surface area (Å²) in [7, 11) is 0. The molecule has 0 amide bonds. The second-order valence-electron chi connectivity index (χ2n) is 2.12. The Labute approximate surface area is 95.0 Å². The molecule has 2 nitrogen and oxygen atoms in total. The normalized spacial score (nSPS) is 7.92. The summed E-state index contributed by atoms with van der Waals surface area (Å²) < 4.78 is 0. The Bertz CT molecular complexity index is 294. The summed E-state index contributed by atoms with van der Waals surface area (Å²) in [4.78, 5) is 11.0. The summed E-state index contributed by atoms with van der Waals surface area (Å²) in [6, 6.07) is 10.6. The average molecular weight is 169 g/mol. The monoisotopic (exact) mass is 169 g/mol. The van der Waals surface area contributed by atoms with E-state index in [2.05, 4.69) is 0 Å². The van der Waals surface area contributed by atoms with Crippen molar-refractivity contribution < 1.29 is 35.8 Å². The molecule has 0 aromatic heterocycles. The van der Waals surface area contributed by atoms with Gasteiger partial charge in [-0.1, -0.05) is 30.3 Å². The van der Waals surface area contributed by atoms with E-state index in [-0.39, 0.29) is 43.2 Å². The maximum absolute atomic E-state index is 11.0. The summed E-state index contributed by atoms with van der Waals surface area (Å²) in [5.41, 5.74) is 0.606. The quantitative estimate of drug-likeness (QED) is 0.416. The van der Waals surface area contributed by atoms with E-state index in [4.69, 9.17) is 5.26 Å². The van der Waals surface area contributed by atoms with Gasteiger partial charge in [-0.05, 0) is 0 Å². The Morgan fingerprint density at radius 1 is 1.42 bits per heavy atom. The van der Waals surface area contributed by atoms with Crippen LogP contribution in [-0.2, 0) is 0 Å². The summed E-state index contributed by atoms with van der Waals surface area (Å²) in [5.74, 6) is -0.117. The molecule has 0 aliphatic heterocycles. The molecule has 0 saturated carbocycles. The first kappa shape index (κ1) is 11.4. The van der Waals surface area contributed by atoms with Crippen molar-refractivity contribution in [3.05, 3.63) is 35.9 Å². The maximum Gasteiger partial charge on any atom is 1.00 e. The molecule has 0 bridgehead atoms. The summed E-state index contributed by atoms with van der Waals surface area (Å²) in [6.45, 7) is 0. The van der Waals surface area contributed by atoms with E-state index in [1.165, 1.54) is 0 Å². The molecule has 0 N–H and O–H groups in total. The smallest absolute Gasteiger partial charge is 1.00 e. The van der Waals surface area contributed by atoms with E-state index in [1.54, 1.807) is 24.3 Å². The molecule has 3 heteroatoms. The third-order valence-electron chi connectivity index (χ3n) is 1.34. The largest absolute Gasteiger partial charge is 1.00 e. The average Bonchev–Trinajstić information content (AvgIpc) is 2.07. The number of carbonyl (C=O) groups is 1. The summed E-state index contributed by atoms with van der Waals surface area (Å²) >= 11 is 0. The van der Waals surface area contributed by atoms with Gasteiger partial charge in [0.05, 0.1) is 12.5 Å². The van der Waals surface area contributed by atoms with Gasteiger partial charge in [0.15, 0.2) is 5.78 Å². The van der Waals surface area contributed by atoms with Crippen LogP contribution >= 0.6 is 0 Å². The minimum Gasteiger partial charge on any atom is -1.00 e. The first-order valence-corrected chi connectivity index (χ1v) is 3.30. The summed E-state index contributed by atoms with van der Waals surface area (Å²) in [6.07, 6.45) is -0.0377. The standard InChI is InChI=1S/C9H7NO.Na.H/c10-7-6-9(11)8-4-2-1-3-5-8;;/h1-5H,6H2;;/q;+1;-1. The Morgan fingerprint density at radius 2 is 2.00 bits per heavy atom. The van der Waals surface area contributed by atoms with Gasteiger partial charge in [-0.3, -0.25) is 4.79 Å². The molecule has 0 radical (unpaired) electrons. The van der Waals surface area contributed by atoms with Crippen molar-refractivity contribution in [2.45, 2.75) is 6.42 Å². The van der Waals surface area contributed by atoms with Crippen LogP contribution in [0.2, 0.25) is 0 Å². The number of hydrogen-bond acceptors (Lipinski definition) is 2. The second-order valence-corrected chi connectivity index (χ2v) is 2.12. The van der Waals surface area contributed by atoms with Crippen LogP contribution < -0.4 is 29.6 Å². The predicted octanol–water partition coefficient (Wildman–Crippen LogP) is -1.10. The number of rotatable bonds is 2. The van der Waals surface area contributed by atoms with Gasteiger partial charge in [0, 0.05) is 5.56 Å². The zero-order chi connectivity index (χ0) is 8.10. The molecular weight excluding hydrogens is 161 g/mol. The van der Waals surface area contributed by atoms with Crippen LogP contribution in [0.1, 0.15) is 18.2 Å². The Hall–Kier alpha value is -0.620. The first-order chi connectivity index (χ1) is 5.34. The van der Waals surface area contributed by atoms with Gasteiger partial charge in [0.2, 0.25) is 0 Å². The van der Waals surface area contributed by atoms with Crippen molar-refractivity contribution in [2.75, 3.05) is 0 Å². The van der Waals surface area contributed by atoms with Crippen molar-refractivity contribution in [3.8, 4) is 6.07 Å². The van der Waals surface area contributed by atoms with Crippen LogP contribution in [-0.4, -0.2) is 5.78 Å². The Kier molecular flexibility index (Phi) is 5.65. The van der Waals surface area contributed by atoms with Crippen LogP contribution in [0.3, 0.4) is 0 Å². The molecule has 1 rings (SSSR count). The second kappa shape index (κ2) is 5.96. The van der Waals surface area contributed by atoms with Crippen LogP contribution in [0.25, 0.3) is 0 Å². The molecule has 0 aliphatic rings. The number of ketones is 1. The van der Waals surface area contributed by atoms with E-state index >= 15 is 0 Å². The van der Waals surface area contributed by atoms with Crippen molar-refractivity contribution in [1.82, 2.24) is 0 Å². The number of Topliss-reactive ketones (excluding diaryl/α,β-unsaturated/α-hetero) is 1. The molecule has 56 valence electrons. The topological polar surface area (TPSA) is 40.9 Å². The van der Waals surface area contributed by atoms with Gasteiger partial charge in [-0.15, -0.1) is 0 Å².